The number of benzene rings is 1. The first-order chi connectivity index (χ1) is 10.4. The molecule has 122 valence electrons. The number of rotatable bonds is 4. The smallest absolute Gasteiger partial charge is 0.387 e. The average Bonchev–Trinajstić information content (AvgIpc) is 2.50. The zero-order valence-corrected chi connectivity index (χ0v) is 13.2. The van der Waals surface area contributed by atoms with Crippen molar-refractivity contribution in [3.05, 3.63) is 28.8 Å². The van der Waals surface area contributed by atoms with Gasteiger partial charge in [0.1, 0.15) is 5.75 Å². The van der Waals surface area contributed by atoms with Crippen molar-refractivity contribution in [1.29, 1.82) is 0 Å². The summed E-state index contributed by atoms with van der Waals surface area (Å²) in [6.45, 7) is 1.90. The minimum Gasteiger partial charge on any atom is -0.434 e. The van der Waals surface area contributed by atoms with Crippen LogP contribution >= 0.6 is 0 Å². The fourth-order valence-electron chi connectivity index (χ4n) is 2.90. The molecule has 1 amide bonds. The Morgan fingerprint density at radius 3 is 2.27 bits per heavy atom. The van der Waals surface area contributed by atoms with Crippen molar-refractivity contribution in [1.82, 2.24) is 10.2 Å². The van der Waals surface area contributed by atoms with E-state index in [1.807, 2.05) is 11.9 Å². The number of amides is 1. The first kappa shape index (κ1) is 16.7. The number of piperidine rings is 1. The van der Waals surface area contributed by atoms with Gasteiger partial charge in [0, 0.05) is 24.7 Å². The van der Waals surface area contributed by atoms with Crippen LogP contribution in [-0.2, 0) is 0 Å². The van der Waals surface area contributed by atoms with Crippen molar-refractivity contribution in [2.45, 2.75) is 39.3 Å². The molecule has 1 fully saturated rings. The number of alkyl halides is 2. The normalized spacial score (nSPS) is 16.2. The lowest BCUT2D eigenvalue weighted by atomic mass is 10.0. The van der Waals surface area contributed by atoms with E-state index >= 15 is 0 Å². The minimum absolute atomic E-state index is 0.0515. The van der Waals surface area contributed by atoms with Crippen molar-refractivity contribution in [3.8, 4) is 5.75 Å². The highest BCUT2D eigenvalue weighted by atomic mass is 19.3. The lowest BCUT2D eigenvalue weighted by molar-refractivity contribution is -0.0507. The topological polar surface area (TPSA) is 41.6 Å². The number of likely N-dealkylation sites (tertiary alicyclic amines) is 1. The number of hydrogen-bond donors (Lipinski definition) is 1. The third-order valence-electron chi connectivity index (χ3n) is 4.10. The monoisotopic (exact) mass is 312 g/mol. The Labute approximate surface area is 129 Å². The number of aryl methyl sites for hydroxylation is 2. The van der Waals surface area contributed by atoms with Crippen molar-refractivity contribution in [3.63, 3.8) is 0 Å². The van der Waals surface area contributed by atoms with Crippen LogP contribution in [0.5, 0.6) is 5.75 Å². The predicted molar refractivity (Wildman–Crippen MR) is 80.5 cm³/mol. The van der Waals surface area contributed by atoms with E-state index in [1.54, 1.807) is 26.0 Å². The van der Waals surface area contributed by atoms with Gasteiger partial charge in [-0.05, 0) is 57.0 Å². The Kier molecular flexibility index (Phi) is 5.34. The van der Waals surface area contributed by atoms with Crippen LogP contribution < -0.4 is 10.1 Å². The van der Waals surface area contributed by atoms with Gasteiger partial charge in [-0.25, -0.2) is 0 Å². The van der Waals surface area contributed by atoms with Gasteiger partial charge in [0.05, 0.1) is 0 Å². The molecule has 0 unspecified atom stereocenters. The maximum atomic E-state index is 12.5. The van der Waals surface area contributed by atoms with Crippen LogP contribution in [0.4, 0.5) is 8.78 Å². The summed E-state index contributed by atoms with van der Waals surface area (Å²) in [7, 11) is 1.93. The zero-order valence-electron chi connectivity index (χ0n) is 13.2. The molecule has 1 aromatic carbocycles. The van der Waals surface area contributed by atoms with Crippen LogP contribution in [0.25, 0.3) is 0 Å². The first-order valence-electron chi connectivity index (χ1n) is 7.45. The van der Waals surface area contributed by atoms with E-state index in [2.05, 4.69) is 10.1 Å². The summed E-state index contributed by atoms with van der Waals surface area (Å²) < 4.78 is 29.3. The molecule has 0 atom stereocenters. The molecule has 1 saturated heterocycles. The van der Waals surface area contributed by atoms with Crippen LogP contribution in [-0.4, -0.2) is 43.6 Å². The van der Waals surface area contributed by atoms with Gasteiger partial charge in [0.2, 0.25) is 0 Å². The van der Waals surface area contributed by atoms with Gasteiger partial charge in [-0.1, -0.05) is 0 Å². The molecule has 1 aliphatic heterocycles. The number of carbonyl (C=O) groups excluding carboxylic acids is 1. The summed E-state index contributed by atoms with van der Waals surface area (Å²) in [6.07, 6.45) is 1.85. The molecular weight excluding hydrogens is 290 g/mol. The quantitative estimate of drug-likeness (QED) is 0.929. The van der Waals surface area contributed by atoms with Crippen LogP contribution in [0.2, 0.25) is 0 Å². The lowest BCUT2D eigenvalue weighted by Gasteiger charge is -2.32. The molecule has 6 heteroatoms. The number of hydrogen-bond acceptors (Lipinski definition) is 3. The Balaban J connectivity index is 2.14. The highest BCUT2D eigenvalue weighted by molar-refractivity contribution is 5.95. The molecule has 1 heterocycles. The van der Waals surface area contributed by atoms with Gasteiger partial charge >= 0.3 is 6.61 Å². The lowest BCUT2D eigenvalue weighted by Crippen LogP contribution is -2.44. The highest BCUT2D eigenvalue weighted by Gasteiger charge is 2.24. The fourth-order valence-corrected chi connectivity index (χ4v) is 2.90. The first-order valence-corrected chi connectivity index (χ1v) is 7.45. The fraction of sp³-hybridized carbons (Fsp3) is 0.562. The van der Waals surface area contributed by atoms with Gasteiger partial charge in [0.15, 0.2) is 0 Å². The summed E-state index contributed by atoms with van der Waals surface area (Å²) >= 11 is 0. The van der Waals surface area contributed by atoms with E-state index in [9.17, 15) is 13.6 Å². The molecule has 1 N–H and O–H groups in total. The van der Waals surface area contributed by atoms with Crippen LogP contribution in [0, 0.1) is 13.8 Å². The van der Waals surface area contributed by atoms with Crippen LogP contribution in [0.1, 0.15) is 34.3 Å². The zero-order chi connectivity index (χ0) is 16.3. The Morgan fingerprint density at radius 1 is 1.27 bits per heavy atom. The third kappa shape index (κ3) is 3.74. The number of nitrogens with zero attached hydrogens (tertiary/aromatic N) is 1. The van der Waals surface area contributed by atoms with E-state index in [-0.39, 0.29) is 11.7 Å². The summed E-state index contributed by atoms with van der Waals surface area (Å²) in [4.78, 5) is 14.4. The summed E-state index contributed by atoms with van der Waals surface area (Å²) in [5, 5.41) is 3.22. The van der Waals surface area contributed by atoms with Crippen LogP contribution in [0.15, 0.2) is 12.1 Å². The number of ether oxygens (including phenoxy) is 1. The molecule has 22 heavy (non-hydrogen) atoms. The summed E-state index contributed by atoms with van der Waals surface area (Å²) in [6, 6.07) is 3.70. The third-order valence-corrected chi connectivity index (χ3v) is 4.10. The van der Waals surface area contributed by atoms with Gasteiger partial charge in [-0.2, -0.15) is 8.78 Å². The maximum Gasteiger partial charge on any atom is 0.387 e. The molecular formula is C16H22F2N2O2. The van der Waals surface area contributed by atoms with Crippen molar-refractivity contribution >= 4 is 5.91 Å². The van der Waals surface area contributed by atoms with Crippen molar-refractivity contribution in [2.24, 2.45) is 0 Å². The molecule has 4 nitrogen and oxygen atoms in total. The van der Waals surface area contributed by atoms with E-state index in [0.29, 0.717) is 35.8 Å². The van der Waals surface area contributed by atoms with Crippen LogP contribution in [0.3, 0.4) is 0 Å². The van der Waals surface area contributed by atoms with Gasteiger partial charge in [-0.3, -0.25) is 4.79 Å². The number of carbonyl (C=O) groups is 1. The Morgan fingerprint density at radius 2 is 1.82 bits per heavy atom. The highest BCUT2D eigenvalue weighted by Crippen LogP contribution is 2.27. The molecule has 2 rings (SSSR count). The van der Waals surface area contributed by atoms with E-state index < -0.39 is 6.61 Å². The molecule has 1 aromatic rings. The van der Waals surface area contributed by atoms with Crippen molar-refractivity contribution < 1.29 is 18.3 Å². The van der Waals surface area contributed by atoms with E-state index in [0.717, 1.165) is 12.8 Å². The molecule has 0 saturated carbocycles. The van der Waals surface area contributed by atoms with Crippen molar-refractivity contribution in [2.75, 3.05) is 20.1 Å². The van der Waals surface area contributed by atoms with Gasteiger partial charge < -0.3 is 15.0 Å². The predicted octanol–water partition coefficient (Wildman–Crippen LogP) is 2.73. The second-order valence-corrected chi connectivity index (χ2v) is 5.67. The molecule has 0 aliphatic carbocycles. The molecule has 0 aromatic heterocycles. The molecule has 0 bridgehead atoms. The second kappa shape index (κ2) is 7.05. The standard InChI is InChI=1S/C16H22F2N2O2/c1-10-8-12(9-11(2)14(10)22-16(17)18)15(21)20-6-4-13(19-3)5-7-20/h8-9,13,16,19H,4-7H2,1-3H3. The number of nitrogens with one attached hydrogen (secondary N) is 1. The summed E-state index contributed by atoms with van der Waals surface area (Å²) in [5.41, 5.74) is 1.63. The molecule has 1 aliphatic rings. The summed E-state index contributed by atoms with van der Waals surface area (Å²) in [5.74, 6) is 0.102. The molecule has 0 spiro atoms. The second-order valence-electron chi connectivity index (χ2n) is 5.67. The Hall–Kier alpha value is -1.69. The van der Waals surface area contributed by atoms with E-state index in [1.165, 1.54) is 0 Å². The van der Waals surface area contributed by atoms with E-state index in [4.69, 9.17) is 0 Å². The van der Waals surface area contributed by atoms with Gasteiger partial charge in [-0.15, -0.1) is 0 Å². The SMILES string of the molecule is CNC1CCN(C(=O)c2cc(C)c(OC(F)F)c(C)c2)CC1. The minimum atomic E-state index is -2.86. The largest absolute Gasteiger partial charge is 0.434 e. The Bertz CT molecular complexity index is 518. The van der Waals surface area contributed by atoms with Gasteiger partial charge in [0.25, 0.3) is 5.91 Å². The molecule has 0 radical (unpaired) electrons. The average molecular weight is 312 g/mol. The maximum absolute atomic E-state index is 12.5. The number of halogens is 2.